The third-order valence-electron chi connectivity index (χ3n) is 2.97. The van der Waals surface area contributed by atoms with Crippen LogP contribution < -0.4 is 0 Å². The van der Waals surface area contributed by atoms with Crippen LogP contribution >= 0.6 is 11.8 Å². The fraction of sp³-hybridized carbons (Fsp3) is 0.267. The second kappa shape index (κ2) is 6.60. The molecule has 1 atom stereocenters. The van der Waals surface area contributed by atoms with E-state index in [1.54, 1.807) is 36.5 Å². The molecule has 1 aromatic carbocycles. The summed E-state index contributed by atoms with van der Waals surface area (Å²) in [6.45, 7) is 1.90. The van der Waals surface area contributed by atoms with E-state index in [4.69, 9.17) is 0 Å². The highest BCUT2D eigenvalue weighted by Gasteiger charge is 2.08. The zero-order chi connectivity index (χ0) is 15.5. The number of benzene rings is 1. The highest BCUT2D eigenvalue weighted by molar-refractivity contribution is 7.99. The molecule has 0 fully saturated rings. The van der Waals surface area contributed by atoms with Gasteiger partial charge in [-0.15, -0.1) is 0 Å². The third-order valence-corrected chi connectivity index (χ3v) is 5.09. The van der Waals surface area contributed by atoms with E-state index in [1.807, 2.05) is 13.0 Å². The molecule has 4 nitrogen and oxygen atoms in total. The molecule has 0 spiro atoms. The smallest absolute Gasteiger partial charge is 0.175 e. The van der Waals surface area contributed by atoms with Gasteiger partial charge >= 0.3 is 0 Å². The summed E-state index contributed by atoms with van der Waals surface area (Å²) < 4.78 is 22.8. The minimum atomic E-state index is -3.16. The standard InChI is InChI=1S/C15H17NO3S2/c1-3-15(17)14-9-6-12(10-16-14)20-11-4-7-13(8-5-11)21(2,18)19/h4-10,15,17H,3H2,1-2H3. The Balaban J connectivity index is 2.11. The first-order valence-corrected chi connectivity index (χ1v) is 9.23. The van der Waals surface area contributed by atoms with Gasteiger partial charge in [-0.2, -0.15) is 0 Å². The Bertz CT molecular complexity index is 695. The molecule has 0 aliphatic rings. The molecule has 1 heterocycles. The normalized spacial score (nSPS) is 13.1. The van der Waals surface area contributed by atoms with Crippen molar-refractivity contribution in [3.8, 4) is 0 Å². The molecule has 0 aliphatic carbocycles. The summed E-state index contributed by atoms with van der Waals surface area (Å²) in [6, 6.07) is 10.4. The van der Waals surface area contributed by atoms with Crippen molar-refractivity contribution in [2.24, 2.45) is 0 Å². The van der Waals surface area contributed by atoms with Gasteiger partial charge in [0.1, 0.15) is 0 Å². The van der Waals surface area contributed by atoms with E-state index in [2.05, 4.69) is 4.98 Å². The zero-order valence-electron chi connectivity index (χ0n) is 11.9. The summed E-state index contributed by atoms with van der Waals surface area (Å²) in [5.74, 6) is 0. The first kappa shape index (κ1) is 16.0. The van der Waals surface area contributed by atoms with Gasteiger partial charge in [0.15, 0.2) is 9.84 Å². The van der Waals surface area contributed by atoms with E-state index in [0.29, 0.717) is 17.0 Å². The average molecular weight is 323 g/mol. The van der Waals surface area contributed by atoms with E-state index < -0.39 is 15.9 Å². The minimum Gasteiger partial charge on any atom is -0.387 e. The van der Waals surface area contributed by atoms with Crippen LogP contribution in [-0.2, 0) is 9.84 Å². The molecular formula is C15H17NO3S2. The van der Waals surface area contributed by atoms with E-state index in [-0.39, 0.29) is 0 Å². The average Bonchev–Trinajstić information content (AvgIpc) is 2.47. The molecule has 2 rings (SSSR count). The largest absolute Gasteiger partial charge is 0.387 e. The number of aliphatic hydroxyl groups excluding tert-OH is 1. The van der Waals surface area contributed by atoms with Crippen molar-refractivity contribution in [1.29, 1.82) is 0 Å². The van der Waals surface area contributed by atoms with Crippen LogP contribution in [0.4, 0.5) is 0 Å². The molecule has 0 aliphatic heterocycles. The molecule has 0 saturated heterocycles. The number of hydrogen-bond acceptors (Lipinski definition) is 5. The van der Waals surface area contributed by atoms with Crippen molar-refractivity contribution in [3.63, 3.8) is 0 Å². The van der Waals surface area contributed by atoms with Crippen molar-refractivity contribution >= 4 is 21.6 Å². The molecule has 0 amide bonds. The quantitative estimate of drug-likeness (QED) is 0.916. The van der Waals surface area contributed by atoms with Crippen LogP contribution in [0.15, 0.2) is 57.3 Å². The molecule has 0 radical (unpaired) electrons. The summed E-state index contributed by atoms with van der Waals surface area (Å²) in [5.41, 5.74) is 0.661. The molecule has 1 unspecified atom stereocenters. The predicted molar refractivity (Wildman–Crippen MR) is 83.2 cm³/mol. The molecule has 0 saturated carbocycles. The van der Waals surface area contributed by atoms with Gasteiger partial charge in [-0.1, -0.05) is 18.7 Å². The number of nitrogens with zero attached hydrogens (tertiary/aromatic N) is 1. The Kier molecular flexibility index (Phi) is 5.03. The Hall–Kier alpha value is -1.37. The van der Waals surface area contributed by atoms with Gasteiger partial charge in [-0.05, 0) is 42.8 Å². The molecule has 0 bridgehead atoms. The van der Waals surface area contributed by atoms with Gasteiger partial charge in [-0.3, -0.25) is 4.98 Å². The Morgan fingerprint density at radius 1 is 1.14 bits per heavy atom. The molecule has 2 aromatic rings. The van der Waals surface area contributed by atoms with Crippen LogP contribution in [0.2, 0.25) is 0 Å². The highest BCUT2D eigenvalue weighted by Crippen LogP contribution is 2.28. The monoisotopic (exact) mass is 323 g/mol. The van der Waals surface area contributed by atoms with Crippen molar-refractivity contribution in [2.75, 3.05) is 6.26 Å². The van der Waals surface area contributed by atoms with Crippen molar-refractivity contribution in [3.05, 3.63) is 48.3 Å². The first-order chi connectivity index (χ1) is 9.90. The van der Waals surface area contributed by atoms with Gasteiger partial charge < -0.3 is 5.11 Å². The Labute approximate surface area is 129 Å². The number of aliphatic hydroxyl groups is 1. The number of sulfone groups is 1. The number of aromatic nitrogens is 1. The molecule has 1 aromatic heterocycles. The second-order valence-corrected chi connectivity index (χ2v) is 7.85. The molecule has 112 valence electrons. The fourth-order valence-corrected chi connectivity index (χ4v) is 3.17. The lowest BCUT2D eigenvalue weighted by Gasteiger charge is -2.08. The predicted octanol–water partition coefficient (Wildman–Crippen LogP) is 3.08. The summed E-state index contributed by atoms with van der Waals surface area (Å²) in [5, 5.41) is 9.69. The lowest BCUT2D eigenvalue weighted by molar-refractivity contribution is 0.169. The molecule has 1 N–H and O–H groups in total. The topological polar surface area (TPSA) is 67.3 Å². The van der Waals surface area contributed by atoms with Crippen molar-refractivity contribution < 1.29 is 13.5 Å². The van der Waals surface area contributed by atoms with E-state index >= 15 is 0 Å². The minimum absolute atomic E-state index is 0.311. The molecular weight excluding hydrogens is 306 g/mol. The number of pyridine rings is 1. The third kappa shape index (κ3) is 4.30. The van der Waals surface area contributed by atoms with Crippen LogP contribution in [0.1, 0.15) is 25.1 Å². The Morgan fingerprint density at radius 3 is 2.24 bits per heavy atom. The molecule has 6 heteroatoms. The van der Waals surface area contributed by atoms with Gasteiger partial charge in [0, 0.05) is 22.2 Å². The van der Waals surface area contributed by atoms with Gasteiger partial charge in [-0.25, -0.2) is 8.42 Å². The van der Waals surface area contributed by atoms with E-state index in [9.17, 15) is 13.5 Å². The van der Waals surface area contributed by atoms with E-state index in [0.717, 1.165) is 9.79 Å². The maximum Gasteiger partial charge on any atom is 0.175 e. The lowest BCUT2D eigenvalue weighted by atomic mass is 10.2. The number of rotatable bonds is 5. The first-order valence-electron chi connectivity index (χ1n) is 6.52. The van der Waals surface area contributed by atoms with Gasteiger partial charge in [0.25, 0.3) is 0 Å². The summed E-state index contributed by atoms with van der Waals surface area (Å²) in [6.07, 6.45) is 3.00. The van der Waals surface area contributed by atoms with Crippen LogP contribution in [0.3, 0.4) is 0 Å². The molecule has 21 heavy (non-hydrogen) atoms. The maximum absolute atomic E-state index is 11.4. The van der Waals surface area contributed by atoms with Crippen molar-refractivity contribution in [1.82, 2.24) is 4.98 Å². The van der Waals surface area contributed by atoms with Crippen LogP contribution in [0.25, 0.3) is 0 Å². The van der Waals surface area contributed by atoms with Crippen LogP contribution in [-0.4, -0.2) is 24.8 Å². The number of hydrogen-bond donors (Lipinski definition) is 1. The van der Waals surface area contributed by atoms with Crippen molar-refractivity contribution in [2.45, 2.75) is 34.1 Å². The lowest BCUT2D eigenvalue weighted by Crippen LogP contribution is -1.98. The second-order valence-electron chi connectivity index (χ2n) is 4.69. The Morgan fingerprint density at radius 2 is 1.76 bits per heavy atom. The SMILES string of the molecule is CCC(O)c1ccc(Sc2ccc(S(C)(=O)=O)cc2)cn1. The highest BCUT2D eigenvalue weighted by atomic mass is 32.2. The summed E-state index contributed by atoms with van der Waals surface area (Å²) in [7, 11) is -3.16. The van der Waals surface area contributed by atoms with Gasteiger partial charge in [0.05, 0.1) is 16.7 Å². The van der Waals surface area contributed by atoms with E-state index in [1.165, 1.54) is 18.0 Å². The maximum atomic E-state index is 11.4. The van der Waals surface area contributed by atoms with Gasteiger partial charge in [0.2, 0.25) is 0 Å². The van der Waals surface area contributed by atoms with Crippen LogP contribution in [0, 0.1) is 0 Å². The zero-order valence-corrected chi connectivity index (χ0v) is 13.5. The summed E-state index contributed by atoms with van der Waals surface area (Å²) in [4.78, 5) is 6.42. The van der Waals surface area contributed by atoms with Crippen LogP contribution in [0.5, 0.6) is 0 Å². The summed E-state index contributed by atoms with van der Waals surface area (Å²) >= 11 is 1.50. The fourth-order valence-electron chi connectivity index (χ4n) is 1.75.